The zero-order valence-corrected chi connectivity index (χ0v) is 11.2. The van der Waals surface area contributed by atoms with Crippen LogP contribution in [0.5, 0.6) is 0 Å². The molecule has 0 spiro atoms. The summed E-state index contributed by atoms with van der Waals surface area (Å²) in [6.45, 7) is 7.75. The minimum Gasteiger partial charge on any atom is -0.378 e. The van der Waals surface area contributed by atoms with Gasteiger partial charge in [-0.25, -0.2) is 9.97 Å². The molecule has 98 valence electrons. The number of rotatable bonds is 2. The van der Waals surface area contributed by atoms with E-state index in [1.165, 1.54) is 0 Å². The SMILES string of the molecule is Cc1nc(Cl)cc(N2CCN(C3COC3)CC2)n1. The average molecular weight is 269 g/mol. The lowest BCUT2D eigenvalue weighted by Crippen LogP contribution is -2.56. The molecule has 0 saturated carbocycles. The molecule has 2 aliphatic rings. The van der Waals surface area contributed by atoms with Crippen molar-refractivity contribution in [1.29, 1.82) is 0 Å². The molecule has 3 rings (SSSR count). The fourth-order valence-corrected chi connectivity index (χ4v) is 2.65. The van der Waals surface area contributed by atoms with Crippen molar-refractivity contribution in [2.45, 2.75) is 13.0 Å². The monoisotopic (exact) mass is 268 g/mol. The van der Waals surface area contributed by atoms with Gasteiger partial charge in [0.05, 0.1) is 19.3 Å². The first-order valence-corrected chi connectivity index (χ1v) is 6.68. The van der Waals surface area contributed by atoms with E-state index in [0.29, 0.717) is 11.2 Å². The molecule has 1 aromatic heterocycles. The summed E-state index contributed by atoms with van der Waals surface area (Å²) < 4.78 is 5.24. The maximum atomic E-state index is 5.98. The highest BCUT2D eigenvalue weighted by atomic mass is 35.5. The van der Waals surface area contributed by atoms with Gasteiger partial charge < -0.3 is 9.64 Å². The third-order valence-electron chi connectivity index (χ3n) is 3.57. The average Bonchev–Trinajstić information content (AvgIpc) is 2.26. The second-order valence-corrected chi connectivity index (χ2v) is 5.20. The Bertz CT molecular complexity index is 410. The molecular formula is C12H17ClN4O. The summed E-state index contributed by atoms with van der Waals surface area (Å²) in [6, 6.07) is 2.47. The number of aromatic nitrogens is 2. The summed E-state index contributed by atoms with van der Waals surface area (Å²) in [5, 5.41) is 0.521. The molecular weight excluding hydrogens is 252 g/mol. The van der Waals surface area contributed by atoms with Gasteiger partial charge in [-0.05, 0) is 6.92 Å². The molecule has 6 heteroatoms. The molecule has 0 atom stereocenters. The molecule has 1 aromatic rings. The Morgan fingerprint density at radius 1 is 1.22 bits per heavy atom. The van der Waals surface area contributed by atoms with Crippen LogP contribution in [-0.2, 0) is 4.74 Å². The zero-order valence-electron chi connectivity index (χ0n) is 10.5. The van der Waals surface area contributed by atoms with Gasteiger partial charge in [0, 0.05) is 32.2 Å². The smallest absolute Gasteiger partial charge is 0.134 e. The Morgan fingerprint density at radius 2 is 1.94 bits per heavy atom. The first-order valence-electron chi connectivity index (χ1n) is 6.30. The van der Waals surface area contributed by atoms with Crippen molar-refractivity contribution in [2.75, 3.05) is 44.3 Å². The number of nitrogens with zero attached hydrogens (tertiary/aromatic N) is 4. The van der Waals surface area contributed by atoms with Crippen LogP contribution in [0.1, 0.15) is 5.82 Å². The molecule has 0 unspecified atom stereocenters. The summed E-state index contributed by atoms with van der Waals surface area (Å²) in [5.41, 5.74) is 0. The maximum absolute atomic E-state index is 5.98. The number of piperazine rings is 1. The number of ether oxygens (including phenoxy) is 1. The van der Waals surface area contributed by atoms with E-state index in [1.807, 2.05) is 13.0 Å². The van der Waals surface area contributed by atoms with Crippen LogP contribution in [0, 0.1) is 6.92 Å². The number of aryl methyl sites for hydroxylation is 1. The van der Waals surface area contributed by atoms with Crippen molar-refractivity contribution in [3.8, 4) is 0 Å². The van der Waals surface area contributed by atoms with Crippen LogP contribution in [0.4, 0.5) is 5.82 Å². The lowest BCUT2D eigenvalue weighted by Gasteiger charge is -2.42. The van der Waals surface area contributed by atoms with Gasteiger partial charge in [-0.1, -0.05) is 11.6 Å². The fourth-order valence-electron chi connectivity index (χ4n) is 2.43. The van der Waals surface area contributed by atoms with E-state index in [-0.39, 0.29) is 0 Å². The van der Waals surface area contributed by atoms with E-state index < -0.39 is 0 Å². The van der Waals surface area contributed by atoms with Gasteiger partial charge in [-0.2, -0.15) is 0 Å². The van der Waals surface area contributed by atoms with Gasteiger partial charge in [0.2, 0.25) is 0 Å². The van der Waals surface area contributed by atoms with Crippen LogP contribution in [0.25, 0.3) is 0 Å². The minimum atomic E-state index is 0.521. The van der Waals surface area contributed by atoms with Crippen LogP contribution in [0.15, 0.2) is 6.07 Å². The first-order chi connectivity index (χ1) is 8.72. The van der Waals surface area contributed by atoms with Crippen molar-refractivity contribution in [2.24, 2.45) is 0 Å². The molecule has 5 nitrogen and oxygen atoms in total. The Morgan fingerprint density at radius 3 is 2.50 bits per heavy atom. The van der Waals surface area contributed by atoms with Gasteiger partial charge in [0.1, 0.15) is 16.8 Å². The molecule has 0 N–H and O–H groups in total. The zero-order chi connectivity index (χ0) is 12.5. The van der Waals surface area contributed by atoms with Crippen LogP contribution in [0.2, 0.25) is 5.15 Å². The lowest BCUT2D eigenvalue weighted by molar-refractivity contribution is -0.0661. The van der Waals surface area contributed by atoms with E-state index in [0.717, 1.165) is 51.0 Å². The topological polar surface area (TPSA) is 41.5 Å². The van der Waals surface area contributed by atoms with Crippen molar-refractivity contribution < 1.29 is 4.74 Å². The summed E-state index contributed by atoms with van der Waals surface area (Å²) >= 11 is 5.98. The molecule has 3 heterocycles. The van der Waals surface area contributed by atoms with E-state index in [4.69, 9.17) is 16.3 Å². The van der Waals surface area contributed by atoms with Gasteiger partial charge >= 0.3 is 0 Å². The fraction of sp³-hybridized carbons (Fsp3) is 0.667. The third kappa shape index (κ3) is 2.43. The Kier molecular flexibility index (Phi) is 3.37. The molecule has 0 bridgehead atoms. The van der Waals surface area contributed by atoms with Gasteiger partial charge in [-0.3, -0.25) is 4.90 Å². The molecule has 18 heavy (non-hydrogen) atoms. The largest absolute Gasteiger partial charge is 0.378 e. The summed E-state index contributed by atoms with van der Waals surface area (Å²) in [5.74, 6) is 1.67. The number of hydrogen-bond acceptors (Lipinski definition) is 5. The molecule has 0 aliphatic carbocycles. The Balaban J connectivity index is 1.64. The highest BCUT2D eigenvalue weighted by Gasteiger charge is 2.29. The summed E-state index contributed by atoms with van der Waals surface area (Å²) in [6.07, 6.45) is 0. The van der Waals surface area contributed by atoms with Gasteiger partial charge in [0.15, 0.2) is 0 Å². The molecule has 0 radical (unpaired) electrons. The standard InChI is InChI=1S/C12H17ClN4O/c1-9-14-11(13)6-12(15-9)17-4-2-16(3-5-17)10-7-18-8-10/h6,10H,2-5,7-8H2,1H3. The quantitative estimate of drug-likeness (QED) is 0.748. The van der Waals surface area contributed by atoms with Crippen molar-refractivity contribution in [3.63, 3.8) is 0 Å². The second-order valence-electron chi connectivity index (χ2n) is 4.81. The molecule has 2 aliphatic heterocycles. The van der Waals surface area contributed by atoms with Gasteiger partial charge in [0.25, 0.3) is 0 Å². The normalized spacial score (nSPS) is 22.0. The molecule has 0 amide bonds. The summed E-state index contributed by atoms with van der Waals surface area (Å²) in [7, 11) is 0. The van der Waals surface area contributed by atoms with E-state index in [9.17, 15) is 0 Å². The van der Waals surface area contributed by atoms with Crippen LogP contribution in [-0.4, -0.2) is 60.3 Å². The highest BCUT2D eigenvalue weighted by molar-refractivity contribution is 6.29. The van der Waals surface area contributed by atoms with Crippen molar-refractivity contribution in [3.05, 3.63) is 17.0 Å². The Hall–Kier alpha value is -0.910. The lowest BCUT2D eigenvalue weighted by atomic mass is 10.2. The highest BCUT2D eigenvalue weighted by Crippen LogP contribution is 2.19. The van der Waals surface area contributed by atoms with Crippen molar-refractivity contribution >= 4 is 17.4 Å². The van der Waals surface area contributed by atoms with Crippen molar-refractivity contribution in [1.82, 2.24) is 14.9 Å². The van der Waals surface area contributed by atoms with E-state index in [2.05, 4.69) is 19.8 Å². The Labute approximate surface area is 112 Å². The third-order valence-corrected chi connectivity index (χ3v) is 3.76. The second kappa shape index (κ2) is 4.99. The first kappa shape index (κ1) is 12.1. The van der Waals surface area contributed by atoms with Crippen LogP contribution in [0.3, 0.4) is 0 Å². The maximum Gasteiger partial charge on any atom is 0.134 e. The predicted molar refractivity (Wildman–Crippen MR) is 70.2 cm³/mol. The molecule has 0 aromatic carbocycles. The van der Waals surface area contributed by atoms with Gasteiger partial charge in [-0.15, -0.1) is 0 Å². The van der Waals surface area contributed by atoms with E-state index >= 15 is 0 Å². The number of halogens is 1. The van der Waals surface area contributed by atoms with E-state index in [1.54, 1.807) is 0 Å². The molecule has 2 fully saturated rings. The number of hydrogen-bond donors (Lipinski definition) is 0. The minimum absolute atomic E-state index is 0.521. The summed E-state index contributed by atoms with van der Waals surface area (Å²) in [4.78, 5) is 13.3. The molecule has 2 saturated heterocycles. The van der Waals surface area contributed by atoms with Crippen LogP contribution < -0.4 is 4.90 Å². The number of anilines is 1. The predicted octanol–water partition coefficient (Wildman–Crippen LogP) is 0.959. The van der Waals surface area contributed by atoms with Crippen LogP contribution >= 0.6 is 11.6 Å².